The van der Waals surface area contributed by atoms with Crippen molar-refractivity contribution in [3.63, 3.8) is 0 Å². The van der Waals surface area contributed by atoms with E-state index in [9.17, 15) is 4.79 Å². The van der Waals surface area contributed by atoms with E-state index in [1.54, 1.807) is 17.0 Å². The number of hydrogen-bond acceptors (Lipinski definition) is 3. The minimum atomic E-state index is -0.000686. The summed E-state index contributed by atoms with van der Waals surface area (Å²) in [5.41, 5.74) is -0.000686. The lowest BCUT2D eigenvalue weighted by atomic mass is 9.83. The van der Waals surface area contributed by atoms with Gasteiger partial charge in [0.1, 0.15) is 0 Å². The van der Waals surface area contributed by atoms with Gasteiger partial charge in [-0.25, -0.2) is 4.98 Å². The minimum Gasteiger partial charge on any atom is -0.362 e. The van der Waals surface area contributed by atoms with Crippen LogP contribution in [0.5, 0.6) is 0 Å². The SMILES string of the molecule is CCC(Nc1nccn(CC)c1=O)C1CCCCC1. The molecule has 0 spiro atoms. The monoisotopic (exact) mass is 263 g/mol. The summed E-state index contributed by atoms with van der Waals surface area (Å²) in [6.07, 6.45) is 11.1. The van der Waals surface area contributed by atoms with Crippen LogP contribution in [-0.2, 0) is 6.54 Å². The quantitative estimate of drug-likeness (QED) is 0.888. The maximum atomic E-state index is 12.2. The first-order valence-corrected chi connectivity index (χ1v) is 7.58. The predicted molar refractivity (Wildman–Crippen MR) is 78.4 cm³/mol. The van der Waals surface area contributed by atoms with Gasteiger partial charge in [-0.15, -0.1) is 0 Å². The van der Waals surface area contributed by atoms with E-state index in [4.69, 9.17) is 0 Å². The normalized spacial score (nSPS) is 18.2. The molecule has 1 aromatic heterocycles. The average Bonchev–Trinajstić information content (AvgIpc) is 2.47. The lowest BCUT2D eigenvalue weighted by molar-refractivity contribution is 0.312. The minimum absolute atomic E-state index is 0.000686. The first kappa shape index (κ1) is 14.1. The van der Waals surface area contributed by atoms with E-state index < -0.39 is 0 Å². The third kappa shape index (κ3) is 3.37. The summed E-state index contributed by atoms with van der Waals surface area (Å²) in [4.78, 5) is 16.4. The van der Waals surface area contributed by atoms with Gasteiger partial charge < -0.3 is 9.88 Å². The van der Waals surface area contributed by atoms with Gasteiger partial charge in [-0.3, -0.25) is 4.79 Å². The second-order valence-electron chi connectivity index (χ2n) is 5.42. The molecule has 0 aliphatic heterocycles. The molecule has 1 aliphatic carbocycles. The molecule has 0 aromatic carbocycles. The molecule has 19 heavy (non-hydrogen) atoms. The van der Waals surface area contributed by atoms with Crippen LogP contribution in [0.15, 0.2) is 17.2 Å². The molecule has 1 unspecified atom stereocenters. The molecule has 1 aliphatic rings. The van der Waals surface area contributed by atoms with Gasteiger partial charge in [-0.1, -0.05) is 26.2 Å². The summed E-state index contributed by atoms with van der Waals surface area (Å²) < 4.78 is 1.70. The zero-order valence-electron chi connectivity index (χ0n) is 12.1. The molecule has 1 atom stereocenters. The molecule has 0 saturated heterocycles. The number of aryl methyl sites for hydroxylation is 1. The first-order chi connectivity index (χ1) is 9.26. The summed E-state index contributed by atoms with van der Waals surface area (Å²) in [6.45, 7) is 4.85. The van der Waals surface area contributed by atoms with Gasteiger partial charge in [-0.05, 0) is 32.1 Å². The summed E-state index contributed by atoms with van der Waals surface area (Å²) in [5.74, 6) is 1.21. The van der Waals surface area contributed by atoms with E-state index in [-0.39, 0.29) is 5.56 Å². The second-order valence-corrected chi connectivity index (χ2v) is 5.42. The predicted octanol–water partition coefficient (Wildman–Crippen LogP) is 3.03. The summed E-state index contributed by atoms with van der Waals surface area (Å²) in [6, 6.07) is 0.383. The fraction of sp³-hybridized carbons (Fsp3) is 0.733. The molecular formula is C15H25N3O. The van der Waals surface area contributed by atoms with Crippen molar-refractivity contribution in [3.05, 3.63) is 22.7 Å². The van der Waals surface area contributed by atoms with Gasteiger partial charge in [0.15, 0.2) is 5.82 Å². The van der Waals surface area contributed by atoms with Crippen LogP contribution in [0.1, 0.15) is 52.4 Å². The molecule has 106 valence electrons. The molecule has 1 saturated carbocycles. The van der Waals surface area contributed by atoms with Crippen molar-refractivity contribution in [1.82, 2.24) is 9.55 Å². The molecule has 1 N–H and O–H groups in total. The number of nitrogens with one attached hydrogen (secondary N) is 1. The summed E-state index contributed by atoms with van der Waals surface area (Å²) >= 11 is 0. The van der Waals surface area contributed by atoms with Gasteiger partial charge in [0.2, 0.25) is 0 Å². The van der Waals surface area contributed by atoms with Crippen LogP contribution < -0.4 is 10.9 Å². The molecule has 1 aromatic rings. The van der Waals surface area contributed by atoms with Gasteiger partial charge in [-0.2, -0.15) is 0 Å². The van der Waals surface area contributed by atoms with Gasteiger partial charge in [0.05, 0.1) is 0 Å². The Bertz CT molecular complexity index is 449. The van der Waals surface area contributed by atoms with Crippen molar-refractivity contribution < 1.29 is 0 Å². The Labute approximate surface area is 115 Å². The maximum absolute atomic E-state index is 12.2. The summed E-state index contributed by atoms with van der Waals surface area (Å²) in [5, 5.41) is 3.40. The molecule has 0 amide bonds. The molecule has 4 nitrogen and oxygen atoms in total. The zero-order chi connectivity index (χ0) is 13.7. The Morgan fingerprint density at radius 3 is 2.74 bits per heavy atom. The van der Waals surface area contributed by atoms with Crippen molar-refractivity contribution in [2.45, 2.75) is 65.0 Å². The lowest BCUT2D eigenvalue weighted by Crippen LogP contribution is -2.34. The number of nitrogens with zero attached hydrogens (tertiary/aromatic N) is 2. The van der Waals surface area contributed by atoms with Crippen LogP contribution in [0.2, 0.25) is 0 Å². The van der Waals surface area contributed by atoms with Gasteiger partial charge in [0, 0.05) is 25.0 Å². The van der Waals surface area contributed by atoms with Gasteiger partial charge in [0.25, 0.3) is 5.56 Å². The number of hydrogen-bond donors (Lipinski definition) is 1. The van der Waals surface area contributed by atoms with Crippen LogP contribution in [0.4, 0.5) is 5.82 Å². The average molecular weight is 263 g/mol. The van der Waals surface area contributed by atoms with Crippen LogP contribution in [0, 0.1) is 5.92 Å². The number of rotatable bonds is 5. The Hall–Kier alpha value is -1.32. The van der Waals surface area contributed by atoms with Crippen molar-refractivity contribution in [3.8, 4) is 0 Å². The highest BCUT2D eigenvalue weighted by Gasteiger charge is 2.23. The number of anilines is 1. The highest BCUT2D eigenvalue weighted by Crippen LogP contribution is 2.28. The highest BCUT2D eigenvalue weighted by atomic mass is 16.1. The van der Waals surface area contributed by atoms with E-state index in [0.29, 0.717) is 24.3 Å². The molecule has 2 rings (SSSR count). The highest BCUT2D eigenvalue weighted by molar-refractivity contribution is 5.32. The van der Waals surface area contributed by atoms with E-state index in [1.807, 2.05) is 6.92 Å². The Kier molecular flexibility index (Phi) is 5.00. The molecular weight excluding hydrogens is 238 g/mol. The van der Waals surface area contributed by atoms with Crippen LogP contribution in [-0.4, -0.2) is 15.6 Å². The number of aromatic nitrogens is 2. The third-order valence-corrected chi connectivity index (χ3v) is 4.24. The van der Waals surface area contributed by atoms with Crippen molar-refractivity contribution in [1.29, 1.82) is 0 Å². The zero-order valence-corrected chi connectivity index (χ0v) is 12.1. The van der Waals surface area contributed by atoms with Crippen molar-refractivity contribution in [2.75, 3.05) is 5.32 Å². The van der Waals surface area contributed by atoms with E-state index in [2.05, 4.69) is 17.2 Å². The van der Waals surface area contributed by atoms with Gasteiger partial charge >= 0.3 is 0 Å². The maximum Gasteiger partial charge on any atom is 0.293 e. The molecule has 0 bridgehead atoms. The Morgan fingerprint density at radius 1 is 1.37 bits per heavy atom. The van der Waals surface area contributed by atoms with Crippen molar-refractivity contribution >= 4 is 5.82 Å². The molecule has 0 radical (unpaired) electrons. The van der Waals surface area contributed by atoms with E-state index >= 15 is 0 Å². The Balaban J connectivity index is 2.11. The first-order valence-electron chi connectivity index (χ1n) is 7.58. The molecule has 4 heteroatoms. The molecule has 1 heterocycles. The van der Waals surface area contributed by atoms with Crippen molar-refractivity contribution in [2.24, 2.45) is 5.92 Å². The smallest absolute Gasteiger partial charge is 0.293 e. The van der Waals surface area contributed by atoms with Crippen LogP contribution in [0.25, 0.3) is 0 Å². The van der Waals surface area contributed by atoms with Crippen LogP contribution >= 0.6 is 0 Å². The fourth-order valence-electron chi connectivity index (χ4n) is 3.06. The topological polar surface area (TPSA) is 46.9 Å². The van der Waals surface area contributed by atoms with E-state index in [0.717, 1.165) is 6.42 Å². The van der Waals surface area contributed by atoms with Crippen LogP contribution in [0.3, 0.4) is 0 Å². The molecule has 1 fully saturated rings. The summed E-state index contributed by atoms with van der Waals surface area (Å²) in [7, 11) is 0. The van der Waals surface area contributed by atoms with E-state index in [1.165, 1.54) is 32.1 Å². The second kappa shape index (κ2) is 6.73. The fourth-order valence-corrected chi connectivity index (χ4v) is 3.06. The third-order valence-electron chi connectivity index (χ3n) is 4.24. The lowest BCUT2D eigenvalue weighted by Gasteiger charge is -2.30. The standard InChI is InChI=1S/C15H25N3O/c1-3-13(12-8-6-5-7-9-12)17-14-15(19)18(4-2)11-10-16-14/h10-13H,3-9H2,1-2H3,(H,16,17). The Morgan fingerprint density at radius 2 is 2.11 bits per heavy atom. The largest absolute Gasteiger partial charge is 0.362 e.